The molecule has 204 valence electrons. The fourth-order valence-electron chi connectivity index (χ4n) is 4.00. The van der Waals surface area contributed by atoms with Gasteiger partial charge in [-0.2, -0.15) is 0 Å². The quantitative estimate of drug-likeness (QED) is 0.247. The summed E-state index contributed by atoms with van der Waals surface area (Å²) in [5.41, 5.74) is 0.838. The second kappa shape index (κ2) is 11.3. The minimum atomic E-state index is -1.13. The number of aromatic carboxylic acids is 2. The molecular formula is C27H28Cl2N6O4. The minimum absolute atomic E-state index is 0.0582. The SMILES string of the molecule is CC1CC1c1nc(NC2CC2)c(Cl)c(C(=O)O)n1.O=C(O)c1nc(C2CC2)nc(NCc2ccccc2)c1Cl. The average Bonchev–Trinajstić information content (AvgIpc) is 3.77. The molecule has 6 rings (SSSR count). The van der Waals surface area contributed by atoms with Crippen molar-refractivity contribution >= 4 is 46.8 Å². The summed E-state index contributed by atoms with van der Waals surface area (Å²) in [7, 11) is 0. The van der Waals surface area contributed by atoms with Gasteiger partial charge in [-0.1, -0.05) is 60.5 Å². The molecule has 12 heteroatoms. The molecule has 1 aromatic carbocycles. The summed E-state index contributed by atoms with van der Waals surface area (Å²) in [4.78, 5) is 39.3. The van der Waals surface area contributed by atoms with Gasteiger partial charge in [0, 0.05) is 24.4 Å². The molecule has 0 amide bonds. The molecule has 3 aliphatic carbocycles. The van der Waals surface area contributed by atoms with E-state index in [0.29, 0.717) is 41.8 Å². The molecule has 0 radical (unpaired) electrons. The second-order valence-corrected chi connectivity index (χ2v) is 10.9. The molecule has 3 aliphatic rings. The highest BCUT2D eigenvalue weighted by Crippen LogP contribution is 2.46. The van der Waals surface area contributed by atoms with Crippen molar-refractivity contribution in [2.24, 2.45) is 5.92 Å². The highest BCUT2D eigenvalue weighted by molar-refractivity contribution is 6.35. The first-order chi connectivity index (χ1) is 18.7. The van der Waals surface area contributed by atoms with Crippen LogP contribution in [-0.4, -0.2) is 48.1 Å². The van der Waals surface area contributed by atoms with Crippen LogP contribution in [0.4, 0.5) is 11.6 Å². The monoisotopic (exact) mass is 570 g/mol. The summed E-state index contributed by atoms with van der Waals surface area (Å²) < 4.78 is 0. The molecule has 10 nitrogen and oxygen atoms in total. The average molecular weight is 571 g/mol. The van der Waals surface area contributed by atoms with Crippen LogP contribution >= 0.6 is 23.2 Å². The molecule has 3 saturated carbocycles. The zero-order valence-electron chi connectivity index (χ0n) is 21.2. The first-order valence-electron chi connectivity index (χ1n) is 12.9. The largest absolute Gasteiger partial charge is 0.476 e. The summed E-state index contributed by atoms with van der Waals surface area (Å²) in [6.45, 7) is 2.64. The fourth-order valence-corrected chi connectivity index (χ4v) is 4.45. The molecule has 2 unspecified atom stereocenters. The van der Waals surface area contributed by atoms with E-state index < -0.39 is 11.9 Å². The maximum absolute atomic E-state index is 11.2. The lowest BCUT2D eigenvalue weighted by atomic mass is 10.2. The molecule has 0 saturated heterocycles. The Morgan fingerprint density at radius 3 is 1.97 bits per heavy atom. The molecule has 0 bridgehead atoms. The van der Waals surface area contributed by atoms with Gasteiger partial charge in [-0.05, 0) is 43.6 Å². The number of rotatable bonds is 9. The van der Waals surface area contributed by atoms with Crippen LogP contribution in [0.2, 0.25) is 10.0 Å². The third-order valence-corrected chi connectivity index (χ3v) is 7.46. The zero-order valence-corrected chi connectivity index (χ0v) is 22.7. The van der Waals surface area contributed by atoms with E-state index in [-0.39, 0.29) is 33.3 Å². The van der Waals surface area contributed by atoms with E-state index >= 15 is 0 Å². The number of nitrogens with zero attached hydrogens (tertiary/aromatic N) is 4. The Balaban J connectivity index is 0.000000160. The van der Waals surface area contributed by atoms with Crippen molar-refractivity contribution in [1.29, 1.82) is 0 Å². The Labute approximate surface area is 235 Å². The highest BCUT2D eigenvalue weighted by atomic mass is 35.5. The van der Waals surface area contributed by atoms with Gasteiger partial charge in [-0.15, -0.1) is 0 Å². The van der Waals surface area contributed by atoms with Gasteiger partial charge in [-0.3, -0.25) is 0 Å². The van der Waals surface area contributed by atoms with Crippen LogP contribution in [0.1, 0.15) is 89.1 Å². The van der Waals surface area contributed by atoms with Crippen molar-refractivity contribution in [1.82, 2.24) is 19.9 Å². The lowest BCUT2D eigenvalue weighted by Crippen LogP contribution is -2.12. The lowest BCUT2D eigenvalue weighted by molar-refractivity contribution is 0.0679. The Kier molecular flexibility index (Phi) is 7.86. The van der Waals surface area contributed by atoms with Crippen LogP contribution in [0, 0.1) is 5.92 Å². The van der Waals surface area contributed by atoms with Crippen LogP contribution in [-0.2, 0) is 6.54 Å². The van der Waals surface area contributed by atoms with Crippen molar-refractivity contribution in [3.05, 3.63) is 69.0 Å². The summed E-state index contributed by atoms with van der Waals surface area (Å²) in [5, 5.41) is 24.8. The number of benzene rings is 1. The molecule has 0 aliphatic heterocycles. The molecule has 39 heavy (non-hydrogen) atoms. The molecule has 2 atom stereocenters. The number of carboxylic acid groups (broad SMARTS) is 2. The summed E-state index contributed by atoms with van der Waals surface area (Å²) >= 11 is 12.1. The number of hydrogen-bond acceptors (Lipinski definition) is 8. The summed E-state index contributed by atoms with van der Waals surface area (Å²) in [6, 6.07) is 10.1. The second-order valence-electron chi connectivity index (χ2n) is 10.1. The van der Waals surface area contributed by atoms with Gasteiger partial charge < -0.3 is 20.8 Å². The number of carboxylic acids is 2. The van der Waals surface area contributed by atoms with E-state index in [2.05, 4.69) is 37.5 Å². The Bertz CT molecular complexity index is 1400. The number of halogens is 2. The minimum Gasteiger partial charge on any atom is -0.476 e. The summed E-state index contributed by atoms with van der Waals surface area (Å²) in [5.74, 6) is 0.859. The number of nitrogens with one attached hydrogen (secondary N) is 2. The van der Waals surface area contributed by atoms with Crippen LogP contribution in [0.25, 0.3) is 0 Å². The Hall–Kier alpha value is -3.50. The first-order valence-corrected chi connectivity index (χ1v) is 13.6. The Morgan fingerprint density at radius 2 is 1.44 bits per heavy atom. The maximum atomic E-state index is 11.2. The lowest BCUT2D eigenvalue weighted by Gasteiger charge is -2.11. The van der Waals surface area contributed by atoms with Crippen LogP contribution in [0.5, 0.6) is 0 Å². The smallest absolute Gasteiger partial charge is 0.356 e. The molecule has 2 aromatic heterocycles. The number of anilines is 2. The Morgan fingerprint density at radius 1 is 0.872 bits per heavy atom. The van der Waals surface area contributed by atoms with Crippen molar-refractivity contribution in [3.8, 4) is 0 Å². The van der Waals surface area contributed by atoms with E-state index in [9.17, 15) is 14.7 Å². The van der Waals surface area contributed by atoms with Gasteiger partial charge >= 0.3 is 11.9 Å². The van der Waals surface area contributed by atoms with Gasteiger partial charge in [0.1, 0.15) is 33.3 Å². The molecule has 3 fully saturated rings. The molecular weight excluding hydrogens is 543 g/mol. The fraction of sp³-hybridized carbons (Fsp3) is 0.407. The highest BCUT2D eigenvalue weighted by Gasteiger charge is 2.38. The standard InChI is InChI=1S/C15H14ClN3O2.C12H14ClN3O2/c16-11-12(15(20)21)18-13(10-6-7-10)19-14(11)17-8-9-4-2-1-3-5-9;1-5-4-7(5)10-15-9(12(17)18)8(13)11(16-10)14-6-2-3-6/h1-5,10H,6-8H2,(H,20,21)(H,17,18,19);5-7H,2-4H2,1H3,(H,17,18)(H,14,15,16). The zero-order chi connectivity index (χ0) is 27.7. The first kappa shape index (κ1) is 27.1. The number of hydrogen-bond donors (Lipinski definition) is 4. The van der Waals surface area contributed by atoms with Crippen LogP contribution in [0.3, 0.4) is 0 Å². The third kappa shape index (κ3) is 6.75. The van der Waals surface area contributed by atoms with E-state index in [0.717, 1.165) is 37.7 Å². The van der Waals surface area contributed by atoms with E-state index in [1.54, 1.807) is 0 Å². The van der Waals surface area contributed by atoms with E-state index in [4.69, 9.17) is 28.3 Å². The van der Waals surface area contributed by atoms with Crippen molar-refractivity contribution < 1.29 is 19.8 Å². The number of carbonyl (C=O) groups is 2. The topological polar surface area (TPSA) is 150 Å². The van der Waals surface area contributed by atoms with Crippen molar-refractivity contribution in [2.45, 2.75) is 63.5 Å². The predicted octanol–water partition coefficient (Wildman–Crippen LogP) is 5.84. The normalized spacial score (nSPS) is 19.5. The van der Waals surface area contributed by atoms with E-state index in [1.807, 2.05) is 30.3 Å². The van der Waals surface area contributed by atoms with Crippen molar-refractivity contribution in [3.63, 3.8) is 0 Å². The van der Waals surface area contributed by atoms with Crippen molar-refractivity contribution in [2.75, 3.05) is 10.6 Å². The van der Waals surface area contributed by atoms with Gasteiger partial charge in [0.25, 0.3) is 0 Å². The number of aromatic nitrogens is 4. The third-order valence-electron chi connectivity index (χ3n) is 6.75. The van der Waals surface area contributed by atoms with Gasteiger partial charge in [0.05, 0.1) is 0 Å². The van der Waals surface area contributed by atoms with Crippen LogP contribution in [0.15, 0.2) is 30.3 Å². The molecule has 0 spiro atoms. The molecule has 2 heterocycles. The van der Waals surface area contributed by atoms with E-state index in [1.165, 1.54) is 0 Å². The van der Waals surface area contributed by atoms with Gasteiger partial charge in [0.2, 0.25) is 0 Å². The summed E-state index contributed by atoms with van der Waals surface area (Å²) in [6.07, 6.45) is 5.18. The molecule has 4 N–H and O–H groups in total. The maximum Gasteiger partial charge on any atom is 0.356 e. The molecule has 3 aromatic rings. The van der Waals surface area contributed by atoms with Gasteiger partial charge in [0.15, 0.2) is 11.4 Å². The van der Waals surface area contributed by atoms with Gasteiger partial charge in [-0.25, -0.2) is 29.5 Å². The predicted molar refractivity (Wildman–Crippen MR) is 147 cm³/mol. The van der Waals surface area contributed by atoms with Crippen LogP contribution < -0.4 is 10.6 Å².